The van der Waals surface area contributed by atoms with Gasteiger partial charge in [0.25, 0.3) is 0 Å². The normalized spacial score (nSPS) is 25.4. The number of nitrogens with two attached hydrogens (primary N) is 1. The van der Waals surface area contributed by atoms with E-state index in [9.17, 15) is 4.39 Å². The molecule has 0 aromatic heterocycles. The summed E-state index contributed by atoms with van der Waals surface area (Å²) >= 11 is 3.22. The summed E-state index contributed by atoms with van der Waals surface area (Å²) in [6, 6.07) is 5.15. The number of rotatable bonds is 2. The highest BCUT2D eigenvalue weighted by Gasteiger charge is 2.20. The summed E-state index contributed by atoms with van der Waals surface area (Å²) in [7, 11) is 0. The van der Waals surface area contributed by atoms with Crippen LogP contribution in [0.25, 0.3) is 0 Å². The Morgan fingerprint density at radius 2 is 1.94 bits per heavy atom. The van der Waals surface area contributed by atoms with Crippen molar-refractivity contribution >= 4 is 15.9 Å². The molecule has 2 rings (SSSR count). The Morgan fingerprint density at radius 3 is 2.56 bits per heavy atom. The molecule has 2 nitrogen and oxygen atoms in total. The third-order valence-electron chi connectivity index (χ3n) is 2.91. The van der Waals surface area contributed by atoms with Crippen LogP contribution in [0, 0.1) is 5.82 Å². The third kappa shape index (κ3) is 2.95. The Balaban J connectivity index is 1.98. The van der Waals surface area contributed by atoms with Crippen molar-refractivity contribution < 1.29 is 9.13 Å². The molecule has 16 heavy (non-hydrogen) atoms. The maximum Gasteiger partial charge on any atom is 0.166 e. The van der Waals surface area contributed by atoms with Crippen LogP contribution in [0.1, 0.15) is 25.7 Å². The number of ether oxygens (including phenoxy) is 1. The van der Waals surface area contributed by atoms with Crippen molar-refractivity contribution in [2.45, 2.75) is 37.8 Å². The molecule has 88 valence electrons. The quantitative estimate of drug-likeness (QED) is 0.906. The van der Waals surface area contributed by atoms with Crippen LogP contribution in [0.5, 0.6) is 5.75 Å². The summed E-state index contributed by atoms with van der Waals surface area (Å²) in [5, 5.41) is 0. The monoisotopic (exact) mass is 287 g/mol. The van der Waals surface area contributed by atoms with Crippen molar-refractivity contribution in [3.63, 3.8) is 0 Å². The fourth-order valence-electron chi connectivity index (χ4n) is 1.96. The zero-order chi connectivity index (χ0) is 11.5. The first-order chi connectivity index (χ1) is 7.65. The van der Waals surface area contributed by atoms with Crippen LogP contribution in [-0.4, -0.2) is 12.1 Å². The Kier molecular flexibility index (Phi) is 3.82. The van der Waals surface area contributed by atoms with Crippen molar-refractivity contribution in [3.8, 4) is 5.75 Å². The summed E-state index contributed by atoms with van der Waals surface area (Å²) in [5.74, 6) is 0.0212. The van der Waals surface area contributed by atoms with Crippen LogP contribution in [0.2, 0.25) is 0 Å². The predicted molar refractivity (Wildman–Crippen MR) is 65.0 cm³/mol. The minimum absolute atomic E-state index is 0.107. The number of hydrogen-bond acceptors (Lipinski definition) is 2. The standard InChI is InChI=1S/C12H15BrFNO/c13-8-1-6-12(11(14)7-8)16-10-4-2-9(15)3-5-10/h1,6-7,9-10H,2-5,15H2. The molecule has 0 heterocycles. The molecule has 0 amide bonds. The molecule has 1 fully saturated rings. The largest absolute Gasteiger partial charge is 0.487 e. The highest BCUT2D eigenvalue weighted by atomic mass is 79.9. The molecule has 1 aliphatic carbocycles. The highest BCUT2D eigenvalue weighted by Crippen LogP contribution is 2.26. The average molecular weight is 288 g/mol. The molecule has 0 radical (unpaired) electrons. The predicted octanol–water partition coefficient (Wildman–Crippen LogP) is 3.24. The first-order valence-electron chi connectivity index (χ1n) is 5.52. The Morgan fingerprint density at radius 1 is 1.25 bits per heavy atom. The molecule has 0 saturated heterocycles. The SMILES string of the molecule is NC1CCC(Oc2ccc(Br)cc2F)CC1. The highest BCUT2D eigenvalue weighted by molar-refractivity contribution is 9.10. The molecule has 0 bridgehead atoms. The van der Waals surface area contributed by atoms with Crippen LogP contribution in [0.3, 0.4) is 0 Å². The lowest BCUT2D eigenvalue weighted by Gasteiger charge is -2.26. The van der Waals surface area contributed by atoms with Gasteiger partial charge in [0.05, 0.1) is 6.10 Å². The first-order valence-corrected chi connectivity index (χ1v) is 6.32. The molecular formula is C12H15BrFNO. The minimum Gasteiger partial charge on any atom is -0.487 e. The van der Waals surface area contributed by atoms with Crippen LogP contribution >= 0.6 is 15.9 Å². The third-order valence-corrected chi connectivity index (χ3v) is 3.40. The van der Waals surface area contributed by atoms with Crippen LogP contribution in [0.4, 0.5) is 4.39 Å². The van der Waals surface area contributed by atoms with Gasteiger partial charge in [0.2, 0.25) is 0 Å². The number of halogens is 2. The van der Waals surface area contributed by atoms with Crippen molar-refractivity contribution in [2.24, 2.45) is 5.73 Å². The van der Waals surface area contributed by atoms with E-state index in [2.05, 4.69) is 15.9 Å². The lowest BCUT2D eigenvalue weighted by Crippen LogP contribution is -2.31. The van der Waals surface area contributed by atoms with Gasteiger partial charge in [-0.2, -0.15) is 0 Å². The van der Waals surface area contributed by atoms with Gasteiger partial charge in [0, 0.05) is 10.5 Å². The van der Waals surface area contributed by atoms with Crippen molar-refractivity contribution in [3.05, 3.63) is 28.5 Å². The van der Waals surface area contributed by atoms with Gasteiger partial charge in [0.15, 0.2) is 11.6 Å². The van der Waals surface area contributed by atoms with E-state index in [-0.39, 0.29) is 18.0 Å². The van der Waals surface area contributed by atoms with Gasteiger partial charge in [-0.3, -0.25) is 0 Å². The van der Waals surface area contributed by atoms with E-state index in [0.29, 0.717) is 5.75 Å². The second kappa shape index (κ2) is 5.15. The molecule has 1 aromatic carbocycles. The van der Waals surface area contributed by atoms with Gasteiger partial charge in [-0.05, 0) is 43.9 Å². The Bertz CT molecular complexity index is 364. The average Bonchev–Trinajstić information content (AvgIpc) is 2.25. The van der Waals surface area contributed by atoms with E-state index < -0.39 is 0 Å². The summed E-state index contributed by atoms with van der Waals surface area (Å²) in [5.41, 5.74) is 5.80. The first kappa shape index (κ1) is 11.9. The van der Waals surface area contributed by atoms with Gasteiger partial charge in [-0.1, -0.05) is 15.9 Å². The molecule has 0 spiro atoms. The smallest absolute Gasteiger partial charge is 0.166 e. The van der Waals surface area contributed by atoms with Crippen molar-refractivity contribution in [1.82, 2.24) is 0 Å². The van der Waals surface area contributed by atoms with E-state index in [1.165, 1.54) is 6.07 Å². The van der Waals surface area contributed by atoms with Gasteiger partial charge in [0.1, 0.15) is 0 Å². The summed E-state index contributed by atoms with van der Waals surface area (Å²) < 4.78 is 19.9. The number of benzene rings is 1. The molecular weight excluding hydrogens is 273 g/mol. The van der Waals surface area contributed by atoms with Crippen LogP contribution in [0.15, 0.2) is 22.7 Å². The lowest BCUT2D eigenvalue weighted by molar-refractivity contribution is 0.141. The summed E-state index contributed by atoms with van der Waals surface area (Å²) in [4.78, 5) is 0. The zero-order valence-corrected chi connectivity index (χ0v) is 10.5. The van der Waals surface area contributed by atoms with E-state index in [1.54, 1.807) is 12.1 Å². The fourth-order valence-corrected chi connectivity index (χ4v) is 2.29. The second-order valence-electron chi connectivity index (χ2n) is 4.23. The molecule has 0 unspecified atom stereocenters. The van der Waals surface area contributed by atoms with E-state index >= 15 is 0 Å². The van der Waals surface area contributed by atoms with E-state index in [1.807, 2.05) is 0 Å². The van der Waals surface area contributed by atoms with Gasteiger partial charge in [-0.25, -0.2) is 4.39 Å². The maximum absolute atomic E-state index is 13.5. The minimum atomic E-state index is -0.316. The summed E-state index contributed by atoms with van der Waals surface area (Å²) in [6.45, 7) is 0. The van der Waals surface area contributed by atoms with Crippen molar-refractivity contribution in [1.29, 1.82) is 0 Å². The van der Waals surface area contributed by atoms with Crippen LogP contribution in [-0.2, 0) is 0 Å². The molecule has 1 aliphatic rings. The van der Waals surface area contributed by atoms with E-state index in [4.69, 9.17) is 10.5 Å². The van der Waals surface area contributed by atoms with Gasteiger partial charge in [-0.15, -0.1) is 0 Å². The molecule has 2 N–H and O–H groups in total. The molecule has 0 aliphatic heterocycles. The molecule has 4 heteroatoms. The Labute approximate surface area is 103 Å². The van der Waals surface area contributed by atoms with Gasteiger partial charge >= 0.3 is 0 Å². The lowest BCUT2D eigenvalue weighted by atomic mass is 9.94. The maximum atomic E-state index is 13.5. The van der Waals surface area contributed by atoms with Crippen LogP contribution < -0.4 is 10.5 Å². The topological polar surface area (TPSA) is 35.2 Å². The molecule has 1 saturated carbocycles. The zero-order valence-electron chi connectivity index (χ0n) is 8.96. The fraction of sp³-hybridized carbons (Fsp3) is 0.500. The summed E-state index contributed by atoms with van der Waals surface area (Å²) in [6.07, 6.45) is 3.86. The second-order valence-corrected chi connectivity index (χ2v) is 5.15. The van der Waals surface area contributed by atoms with Crippen molar-refractivity contribution in [2.75, 3.05) is 0 Å². The Hall–Kier alpha value is -0.610. The van der Waals surface area contributed by atoms with Gasteiger partial charge < -0.3 is 10.5 Å². The molecule has 1 aromatic rings. The molecule has 0 atom stereocenters. The van der Waals surface area contributed by atoms with E-state index in [0.717, 1.165) is 30.2 Å². The number of hydrogen-bond donors (Lipinski definition) is 1.